The van der Waals surface area contributed by atoms with Crippen molar-refractivity contribution in [2.45, 2.75) is 31.1 Å². The molecule has 3 aliphatic carbocycles. The normalized spacial score (nSPS) is 15.3. The van der Waals surface area contributed by atoms with Crippen LogP contribution >= 0.6 is 0 Å². The Labute approximate surface area is 431 Å². The minimum absolute atomic E-state index is 0.342. The number of para-hydroxylation sites is 5. The first-order valence-electron chi connectivity index (χ1n) is 25.9. The van der Waals surface area contributed by atoms with E-state index in [4.69, 9.17) is 4.42 Å². The topological polar surface area (TPSA) is 19.6 Å². The van der Waals surface area contributed by atoms with Crippen LogP contribution in [0.3, 0.4) is 0 Å². The summed E-state index contributed by atoms with van der Waals surface area (Å²) in [6, 6.07) is 94.1. The molecule has 0 amide bonds. The van der Waals surface area contributed by atoms with E-state index in [1.54, 1.807) is 0 Å². The third kappa shape index (κ3) is 6.07. The Kier molecular flexibility index (Phi) is 9.28. The average Bonchev–Trinajstić information content (AvgIpc) is 4.08. The highest BCUT2D eigenvalue weighted by Crippen LogP contribution is 2.65. The van der Waals surface area contributed by atoms with E-state index in [-0.39, 0.29) is 5.41 Å². The molecule has 0 radical (unpaired) electrons. The highest BCUT2D eigenvalue weighted by molar-refractivity contribution is 6.11. The molecule has 11 aromatic carbocycles. The molecule has 1 spiro atoms. The molecule has 15 rings (SSSR count). The second kappa shape index (κ2) is 16.2. The first kappa shape index (κ1) is 42.5. The average molecular weight is 947 g/mol. The Morgan fingerprint density at radius 1 is 0.365 bits per heavy atom. The summed E-state index contributed by atoms with van der Waals surface area (Å²) in [7, 11) is 0. The minimum Gasteiger partial charge on any atom is -0.454 e. The van der Waals surface area contributed by atoms with Gasteiger partial charge in [0.05, 0.1) is 11.1 Å². The molecule has 3 aliphatic rings. The summed E-state index contributed by atoms with van der Waals surface area (Å²) in [5.41, 5.74) is 25.7. The van der Waals surface area contributed by atoms with Crippen molar-refractivity contribution in [2.24, 2.45) is 0 Å². The van der Waals surface area contributed by atoms with Gasteiger partial charge in [-0.2, -0.15) is 0 Å². The van der Waals surface area contributed by atoms with Crippen molar-refractivity contribution >= 4 is 56.1 Å². The van der Waals surface area contributed by atoms with Crippen molar-refractivity contribution in [2.75, 3.05) is 9.80 Å². The molecule has 1 aromatic heterocycles. The van der Waals surface area contributed by atoms with Crippen LogP contribution in [0.15, 0.2) is 259 Å². The number of hydrogen-bond acceptors (Lipinski definition) is 3. The maximum atomic E-state index is 6.91. The summed E-state index contributed by atoms with van der Waals surface area (Å²) < 4.78 is 6.91. The Morgan fingerprint density at radius 2 is 0.878 bits per heavy atom. The Balaban J connectivity index is 1.09. The van der Waals surface area contributed by atoms with Gasteiger partial charge in [-0.15, -0.1) is 0 Å². The van der Waals surface area contributed by atoms with Gasteiger partial charge >= 0.3 is 0 Å². The molecule has 350 valence electrons. The van der Waals surface area contributed by atoms with Gasteiger partial charge in [0.2, 0.25) is 0 Å². The third-order valence-corrected chi connectivity index (χ3v) is 16.5. The van der Waals surface area contributed by atoms with Crippen LogP contribution in [0.2, 0.25) is 0 Å². The van der Waals surface area contributed by atoms with Crippen LogP contribution in [0, 0.1) is 0 Å². The zero-order valence-corrected chi connectivity index (χ0v) is 41.3. The first-order valence-corrected chi connectivity index (χ1v) is 25.9. The Hall–Kier alpha value is -9.18. The van der Waals surface area contributed by atoms with Crippen molar-refractivity contribution in [3.8, 4) is 44.5 Å². The maximum absolute atomic E-state index is 6.91. The van der Waals surface area contributed by atoms with E-state index in [0.717, 1.165) is 68.0 Å². The molecule has 0 saturated carbocycles. The fourth-order valence-electron chi connectivity index (χ4n) is 13.5. The van der Waals surface area contributed by atoms with Crippen LogP contribution in [0.1, 0.15) is 47.2 Å². The SMILES string of the molecule is CC1(C)c2ccccc2-c2c3c(cc(-c4cc(N(c5ccccc5)c5ccccc5)cc(N(c5ccccc5)c5cccc6c5oc5ccccc56)c4)c21)C1(Cc2ccccc2-c2ccccc21)c1ccccc1-3. The van der Waals surface area contributed by atoms with Crippen LogP contribution in [-0.4, -0.2) is 0 Å². The van der Waals surface area contributed by atoms with Gasteiger partial charge in [0, 0.05) is 44.6 Å². The number of benzene rings is 11. The van der Waals surface area contributed by atoms with Crippen molar-refractivity contribution < 1.29 is 4.42 Å². The smallest absolute Gasteiger partial charge is 0.159 e. The maximum Gasteiger partial charge on any atom is 0.159 e. The molecule has 0 bridgehead atoms. The van der Waals surface area contributed by atoms with Crippen LogP contribution in [-0.2, 0) is 17.3 Å². The Bertz CT molecular complexity index is 4170. The zero-order valence-electron chi connectivity index (χ0n) is 41.3. The number of fused-ring (bicyclic) bond motifs is 16. The summed E-state index contributed by atoms with van der Waals surface area (Å²) in [5, 5.41) is 2.18. The number of rotatable bonds is 7. The number of nitrogens with zero attached hydrogens (tertiary/aromatic N) is 2. The lowest BCUT2D eigenvalue weighted by molar-refractivity contribution is 0.621. The second-order valence-electron chi connectivity index (χ2n) is 20.8. The van der Waals surface area contributed by atoms with Crippen molar-refractivity contribution in [3.05, 3.63) is 288 Å². The molecular weight excluding hydrogens is 897 g/mol. The molecule has 74 heavy (non-hydrogen) atoms. The summed E-state index contributed by atoms with van der Waals surface area (Å²) in [4.78, 5) is 4.82. The van der Waals surface area contributed by atoms with Gasteiger partial charge in [-0.1, -0.05) is 196 Å². The van der Waals surface area contributed by atoms with E-state index in [1.807, 2.05) is 0 Å². The van der Waals surface area contributed by atoms with Crippen molar-refractivity contribution in [3.63, 3.8) is 0 Å². The number of furan rings is 1. The molecule has 0 aliphatic heterocycles. The van der Waals surface area contributed by atoms with E-state index in [9.17, 15) is 0 Å². The second-order valence-corrected chi connectivity index (χ2v) is 20.8. The Morgan fingerprint density at radius 3 is 1.57 bits per heavy atom. The number of hydrogen-bond donors (Lipinski definition) is 0. The first-order chi connectivity index (χ1) is 36.5. The summed E-state index contributed by atoms with van der Waals surface area (Å²) in [5.74, 6) is 0. The van der Waals surface area contributed by atoms with E-state index in [1.165, 1.54) is 72.3 Å². The fraction of sp³-hybridized carbons (Fsp3) is 0.0704. The van der Waals surface area contributed by atoms with E-state index < -0.39 is 5.41 Å². The minimum atomic E-state index is -0.449. The molecule has 3 nitrogen and oxygen atoms in total. The molecule has 0 fully saturated rings. The van der Waals surface area contributed by atoms with E-state index in [0.29, 0.717) is 0 Å². The molecule has 0 N–H and O–H groups in total. The van der Waals surface area contributed by atoms with Gasteiger partial charge in [0.15, 0.2) is 5.58 Å². The molecule has 1 heterocycles. The van der Waals surface area contributed by atoms with Gasteiger partial charge in [0.1, 0.15) is 5.58 Å². The van der Waals surface area contributed by atoms with Gasteiger partial charge in [0.25, 0.3) is 0 Å². The van der Waals surface area contributed by atoms with Crippen molar-refractivity contribution in [1.29, 1.82) is 0 Å². The largest absolute Gasteiger partial charge is 0.454 e. The molecule has 0 saturated heterocycles. The lowest BCUT2D eigenvalue weighted by atomic mass is 9.62. The highest BCUT2D eigenvalue weighted by Gasteiger charge is 2.52. The summed E-state index contributed by atoms with van der Waals surface area (Å²) >= 11 is 0. The quantitative estimate of drug-likeness (QED) is 0.159. The van der Waals surface area contributed by atoms with Gasteiger partial charge in [-0.3, -0.25) is 0 Å². The zero-order chi connectivity index (χ0) is 49.1. The standard InChI is InChI=1S/C71H50N2O/c1-70(2)60-36-18-15-33-57(60)67-66-58-34-16-20-38-62(58)71(45-46-23-12-13-30-53(46)54-31-14-19-37-61(54)71)63(66)44-59(68(67)70)47-41-51(72(48-24-6-3-7-25-48)49-26-8-4-9-27-49)43-52(42-47)73(50-28-10-5-11-29-50)64-39-22-35-56-55-32-17-21-40-65(55)74-69(56)64/h3-44H,45H2,1-2H3. The monoisotopic (exact) mass is 946 g/mol. The van der Waals surface area contributed by atoms with Crippen LogP contribution in [0.4, 0.5) is 34.1 Å². The third-order valence-electron chi connectivity index (χ3n) is 16.5. The highest BCUT2D eigenvalue weighted by atomic mass is 16.3. The van der Waals surface area contributed by atoms with Crippen LogP contribution in [0.5, 0.6) is 0 Å². The molecular formula is C71H50N2O. The van der Waals surface area contributed by atoms with Crippen molar-refractivity contribution in [1.82, 2.24) is 0 Å². The molecule has 1 unspecified atom stereocenters. The molecule has 1 atom stereocenters. The van der Waals surface area contributed by atoms with Crippen LogP contribution in [0.25, 0.3) is 66.4 Å². The van der Waals surface area contributed by atoms with Gasteiger partial charge in [-0.05, 0) is 157 Å². The van der Waals surface area contributed by atoms with E-state index in [2.05, 4.69) is 278 Å². The van der Waals surface area contributed by atoms with Gasteiger partial charge < -0.3 is 14.2 Å². The number of anilines is 6. The predicted molar refractivity (Wildman–Crippen MR) is 307 cm³/mol. The lowest BCUT2D eigenvalue weighted by Crippen LogP contribution is -2.33. The van der Waals surface area contributed by atoms with E-state index >= 15 is 0 Å². The lowest BCUT2D eigenvalue weighted by Gasteiger charge is -2.40. The molecule has 3 heteroatoms. The summed E-state index contributed by atoms with van der Waals surface area (Å²) in [6.07, 6.45) is 0.859. The van der Waals surface area contributed by atoms with Gasteiger partial charge in [-0.25, -0.2) is 0 Å². The van der Waals surface area contributed by atoms with Crippen LogP contribution < -0.4 is 9.80 Å². The molecule has 12 aromatic rings. The fourth-order valence-corrected chi connectivity index (χ4v) is 13.5. The predicted octanol–water partition coefficient (Wildman–Crippen LogP) is 19.0. The summed E-state index contributed by atoms with van der Waals surface area (Å²) in [6.45, 7) is 4.89.